The summed E-state index contributed by atoms with van der Waals surface area (Å²) in [5.41, 5.74) is 1.04. The number of aliphatic hydroxyl groups is 1. The molecule has 234 valence electrons. The Labute approximate surface area is 247 Å². The molecular formula is C25H45N4O9P3. The predicted molar refractivity (Wildman–Crippen MR) is 156 cm³/mol. The molecule has 1 aliphatic rings. The first-order chi connectivity index (χ1) is 19.9. The van der Waals surface area contributed by atoms with Crippen LogP contribution in [-0.2, 0) is 43.1 Å². The average Bonchev–Trinajstić information content (AvgIpc) is 2.95. The lowest BCUT2D eigenvalue weighted by Gasteiger charge is -2.34. The Morgan fingerprint density at radius 2 is 1.29 bits per heavy atom. The maximum atomic E-state index is 13.4. The van der Waals surface area contributed by atoms with Gasteiger partial charge in [-0.1, -0.05) is 30.3 Å². The van der Waals surface area contributed by atoms with Gasteiger partial charge < -0.3 is 18.9 Å². The number of β-amino-alcohol motifs (C(OH)–C–C–N with tert-alkyl or cyclic N) is 1. The molecule has 1 aromatic carbocycles. The molecule has 1 N–H and O–H groups in total. The lowest BCUT2D eigenvalue weighted by atomic mass is 10.2. The normalized spacial score (nSPS) is 18.8. The molecule has 1 atom stereocenters. The summed E-state index contributed by atoms with van der Waals surface area (Å²) in [6.45, 7) is 10.0. The molecule has 41 heavy (non-hydrogen) atoms. The maximum absolute atomic E-state index is 13.4. The van der Waals surface area contributed by atoms with Gasteiger partial charge in [0.05, 0.1) is 32.5 Å². The van der Waals surface area contributed by atoms with E-state index in [0.29, 0.717) is 65.5 Å². The van der Waals surface area contributed by atoms with Gasteiger partial charge in [-0.3, -0.25) is 33.2 Å². The molecule has 0 spiro atoms. The van der Waals surface area contributed by atoms with Crippen molar-refractivity contribution in [1.29, 1.82) is 0 Å². The summed E-state index contributed by atoms with van der Waals surface area (Å²) in [7, 11) is -4.14. The molecule has 1 saturated heterocycles. The van der Waals surface area contributed by atoms with E-state index in [1.165, 1.54) is 0 Å². The van der Waals surface area contributed by atoms with Crippen molar-refractivity contribution in [2.75, 3.05) is 98.5 Å². The first kappa shape index (κ1) is 36.4. The zero-order valence-electron chi connectivity index (χ0n) is 24.1. The van der Waals surface area contributed by atoms with Gasteiger partial charge >= 0.3 is 25.0 Å². The molecule has 13 nitrogen and oxygen atoms in total. The summed E-state index contributed by atoms with van der Waals surface area (Å²) < 4.78 is 62.4. The summed E-state index contributed by atoms with van der Waals surface area (Å²) in [4.78, 5) is 8.20. The van der Waals surface area contributed by atoms with Gasteiger partial charge in [0.15, 0.2) is 0 Å². The summed E-state index contributed by atoms with van der Waals surface area (Å²) >= 11 is 0. The second-order valence-corrected chi connectivity index (χ2v) is 12.4. The van der Waals surface area contributed by atoms with E-state index in [9.17, 15) is 18.8 Å². The van der Waals surface area contributed by atoms with E-state index in [1.54, 1.807) is 13.8 Å². The van der Waals surface area contributed by atoms with Crippen LogP contribution >= 0.6 is 25.0 Å². The Bertz CT molecular complexity index is 883. The van der Waals surface area contributed by atoms with Gasteiger partial charge in [0.1, 0.15) is 19.7 Å². The summed E-state index contributed by atoms with van der Waals surface area (Å²) in [5, 5.41) is 10.8. The van der Waals surface area contributed by atoms with Crippen LogP contribution in [0.2, 0.25) is 0 Å². The standard InChI is InChI=1S/C25H45N4O9P3/c1-3-37-41(33,38-4-2)23-29-16-11-26(18-25(30)20-34-19-24-8-6-5-7-9-24)10-12-27(21-35-39-31)13-14-28(15-17-29)22-36-40-32/h5-9,25,30H,3-4,10-23H2,1-2H3. The van der Waals surface area contributed by atoms with Gasteiger partial charge in [0.2, 0.25) is 0 Å². The van der Waals surface area contributed by atoms with Crippen LogP contribution < -0.4 is 0 Å². The van der Waals surface area contributed by atoms with Gasteiger partial charge in [-0.2, -0.15) is 0 Å². The molecule has 1 heterocycles. The van der Waals surface area contributed by atoms with Crippen LogP contribution in [0.5, 0.6) is 0 Å². The predicted octanol–water partition coefficient (Wildman–Crippen LogP) is 3.37. The van der Waals surface area contributed by atoms with Crippen LogP contribution in [0, 0.1) is 0 Å². The second kappa shape index (κ2) is 21.9. The maximum Gasteiger partial charge on any atom is 0.344 e. The second-order valence-electron chi connectivity index (χ2n) is 9.56. The van der Waals surface area contributed by atoms with Crippen molar-refractivity contribution in [3.8, 4) is 0 Å². The number of hydrogen-bond donors (Lipinski definition) is 1. The van der Waals surface area contributed by atoms with E-state index in [4.69, 9.17) is 22.8 Å². The van der Waals surface area contributed by atoms with Crippen LogP contribution in [0.25, 0.3) is 0 Å². The third kappa shape index (κ3) is 16.1. The van der Waals surface area contributed by atoms with Crippen LogP contribution in [0.15, 0.2) is 30.3 Å². The molecular weight excluding hydrogens is 593 g/mol. The Hall–Kier alpha value is -0.750. The fourth-order valence-corrected chi connectivity index (χ4v) is 6.58. The number of hydrogen-bond acceptors (Lipinski definition) is 13. The zero-order valence-corrected chi connectivity index (χ0v) is 26.8. The minimum atomic E-state index is -3.34. The van der Waals surface area contributed by atoms with Gasteiger partial charge in [-0.05, 0) is 19.4 Å². The van der Waals surface area contributed by atoms with Crippen molar-refractivity contribution in [3.05, 3.63) is 35.9 Å². The molecule has 0 aromatic heterocycles. The monoisotopic (exact) mass is 638 g/mol. The number of aliphatic hydroxyl groups excluding tert-OH is 1. The average molecular weight is 639 g/mol. The van der Waals surface area contributed by atoms with Crippen LogP contribution in [0.4, 0.5) is 0 Å². The van der Waals surface area contributed by atoms with Crippen molar-refractivity contribution in [2.45, 2.75) is 26.6 Å². The Balaban J connectivity index is 2.11. The van der Waals surface area contributed by atoms with E-state index in [2.05, 4.69) is 4.90 Å². The molecule has 1 aliphatic heterocycles. The molecule has 16 heteroatoms. The first-order valence-electron chi connectivity index (χ1n) is 13.9. The molecule has 0 saturated carbocycles. The Kier molecular flexibility index (Phi) is 19.4. The summed E-state index contributed by atoms with van der Waals surface area (Å²) in [6.07, 6.45) is -0.579. The highest BCUT2D eigenvalue weighted by atomic mass is 31.2. The molecule has 1 aromatic rings. The largest absolute Gasteiger partial charge is 0.389 e. The van der Waals surface area contributed by atoms with Crippen molar-refractivity contribution >= 4 is 25.0 Å². The lowest BCUT2D eigenvalue weighted by Crippen LogP contribution is -2.48. The van der Waals surface area contributed by atoms with Crippen molar-refractivity contribution in [3.63, 3.8) is 0 Å². The fourth-order valence-electron chi connectivity index (χ4n) is 4.37. The summed E-state index contributed by atoms with van der Waals surface area (Å²) in [6, 6.07) is 9.80. The van der Waals surface area contributed by atoms with Crippen LogP contribution in [-0.4, -0.2) is 129 Å². The van der Waals surface area contributed by atoms with Crippen molar-refractivity contribution in [1.82, 2.24) is 19.6 Å². The van der Waals surface area contributed by atoms with E-state index in [1.807, 2.05) is 45.0 Å². The number of nitrogens with zero attached hydrogens (tertiary/aromatic N) is 4. The number of rotatable bonds is 18. The highest BCUT2D eigenvalue weighted by Gasteiger charge is 2.28. The van der Waals surface area contributed by atoms with Gasteiger partial charge in [0, 0.05) is 58.9 Å². The van der Waals surface area contributed by atoms with Crippen molar-refractivity contribution in [2.24, 2.45) is 0 Å². The highest BCUT2D eigenvalue weighted by molar-refractivity contribution is 7.53. The molecule has 0 bridgehead atoms. The zero-order chi connectivity index (χ0) is 29.8. The highest BCUT2D eigenvalue weighted by Crippen LogP contribution is 2.48. The number of ether oxygens (including phenoxy) is 1. The summed E-state index contributed by atoms with van der Waals surface area (Å²) in [5.74, 6) is 0. The lowest BCUT2D eigenvalue weighted by molar-refractivity contribution is 0.00414. The van der Waals surface area contributed by atoms with Crippen LogP contribution in [0.3, 0.4) is 0 Å². The van der Waals surface area contributed by atoms with E-state index in [-0.39, 0.29) is 39.6 Å². The quantitative estimate of drug-likeness (QED) is 0.236. The smallest absolute Gasteiger partial charge is 0.344 e. The third-order valence-electron chi connectivity index (χ3n) is 6.43. The Morgan fingerprint density at radius 1 is 0.805 bits per heavy atom. The van der Waals surface area contributed by atoms with Gasteiger partial charge in [0.25, 0.3) is 0 Å². The van der Waals surface area contributed by atoms with Crippen molar-refractivity contribution < 1.29 is 41.6 Å². The minimum Gasteiger partial charge on any atom is -0.389 e. The fraction of sp³-hybridized carbons (Fsp3) is 0.760. The third-order valence-corrected chi connectivity index (χ3v) is 8.92. The Morgan fingerprint density at radius 3 is 1.78 bits per heavy atom. The first-order valence-corrected chi connectivity index (χ1v) is 17.1. The van der Waals surface area contributed by atoms with Crippen LogP contribution in [0.1, 0.15) is 19.4 Å². The van der Waals surface area contributed by atoms with Gasteiger partial charge in [-0.25, -0.2) is 9.13 Å². The molecule has 1 fully saturated rings. The molecule has 0 aliphatic carbocycles. The molecule has 0 radical (unpaired) electrons. The van der Waals surface area contributed by atoms with Gasteiger partial charge in [-0.15, -0.1) is 0 Å². The SMILES string of the molecule is CCOP(=O)(CN1CCN(COP=O)CCN(COP=O)CCN(CC(O)COCc2ccccc2)CC1)OCC. The number of benzene rings is 1. The topological polar surface area (TPSA) is 131 Å². The minimum absolute atomic E-state index is 0.127. The van der Waals surface area contributed by atoms with E-state index < -0.39 is 31.1 Å². The molecule has 1 unspecified atom stereocenters. The van der Waals surface area contributed by atoms with E-state index in [0.717, 1.165) is 5.56 Å². The molecule has 0 amide bonds. The van der Waals surface area contributed by atoms with E-state index >= 15 is 0 Å². The molecule has 2 rings (SSSR count).